The van der Waals surface area contributed by atoms with Crippen molar-refractivity contribution in [3.8, 4) is 0 Å². The van der Waals surface area contributed by atoms with Crippen LogP contribution in [0.15, 0.2) is 23.1 Å². The molecule has 1 unspecified atom stereocenters. The van der Waals surface area contributed by atoms with Crippen LogP contribution in [-0.4, -0.2) is 30.4 Å². The average molecular weight is 338 g/mol. The first-order valence-electron chi connectivity index (χ1n) is 5.85. The number of benzene rings is 1. The van der Waals surface area contributed by atoms with E-state index >= 15 is 0 Å². The van der Waals surface area contributed by atoms with E-state index in [9.17, 15) is 13.2 Å². The summed E-state index contributed by atoms with van der Waals surface area (Å²) in [5.74, 6) is -1.29. The summed E-state index contributed by atoms with van der Waals surface area (Å²) < 4.78 is 25.9. The minimum Gasteiger partial charge on any atom is -0.478 e. The molecule has 1 fully saturated rings. The highest BCUT2D eigenvalue weighted by atomic mass is 35.5. The topological polar surface area (TPSA) is 83.5 Å². The second-order valence-corrected chi connectivity index (χ2v) is 8.03. The fourth-order valence-corrected chi connectivity index (χ4v) is 3.79. The molecule has 0 bridgehead atoms. The summed E-state index contributed by atoms with van der Waals surface area (Å²) >= 11 is 11.7. The van der Waals surface area contributed by atoms with E-state index in [1.807, 2.05) is 0 Å². The molecule has 0 saturated heterocycles. The molecule has 1 aliphatic rings. The van der Waals surface area contributed by atoms with Gasteiger partial charge in [-0.2, -0.15) is 0 Å². The largest absolute Gasteiger partial charge is 0.478 e. The smallest absolute Gasteiger partial charge is 0.335 e. The Morgan fingerprint density at radius 2 is 2.10 bits per heavy atom. The second kappa shape index (κ2) is 5.18. The van der Waals surface area contributed by atoms with Crippen LogP contribution in [-0.2, 0) is 10.0 Å². The van der Waals surface area contributed by atoms with Crippen molar-refractivity contribution < 1.29 is 18.3 Å². The zero-order chi connectivity index (χ0) is 15.1. The van der Waals surface area contributed by atoms with E-state index in [0.717, 1.165) is 0 Å². The Bertz CT molecular complexity index is 657. The van der Waals surface area contributed by atoms with Crippen molar-refractivity contribution in [1.29, 1.82) is 0 Å². The van der Waals surface area contributed by atoms with Gasteiger partial charge in [0.2, 0.25) is 10.0 Å². The molecular formula is C12H13Cl2NO4S. The standard InChI is InChI=1S/C12H13Cl2NO4S/c1-7-9(11(16)17)3-2-4-10(7)20(18,19)15-6-8-5-12(8,13)14/h2-4,8,15H,5-6H2,1H3,(H,16,17). The van der Waals surface area contributed by atoms with Gasteiger partial charge in [-0.15, -0.1) is 23.2 Å². The van der Waals surface area contributed by atoms with Crippen LogP contribution < -0.4 is 4.72 Å². The molecule has 1 aliphatic carbocycles. The lowest BCUT2D eigenvalue weighted by Gasteiger charge is -2.11. The number of nitrogens with one attached hydrogen (secondary N) is 1. The maximum Gasteiger partial charge on any atom is 0.335 e. The molecule has 20 heavy (non-hydrogen) atoms. The third kappa shape index (κ3) is 3.09. The average Bonchev–Trinajstić information content (AvgIpc) is 2.94. The normalized spacial score (nSPS) is 20.6. The summed E-state index contributed by atoms with van der Waals surface area (Å²) in [7, 11) is -3.78. The number of hydrogen-bond acceptors (Lipinski definition) is 3. The van der Waals surface area contributed by atoms with Gasteiger partial charge >= 0.3 is 5.97 Å². The second-order valence-electron chi connectivity index (χ2n) is 4.75. The highest BCUT2D eigenvalue weighted by Crippen LogP contribution is 2.52. The van der Waals surface area contributed by atoms with Crippen molar-refractivity contribution >= 4 is 39.2 Å². The molecular weight excluding hydrogens is 325 g/mol. The fourth-order valence-electron chi connectivity index (χ4n) is 1.92. The van der Waals surface area contributed by atoms with Crippen LogP contribution in [0.4, 0.5) is 0 Å². The number of sulfonamides is 1. The zero-order valence-corrected chi connectivity index (χ0v) is 12.9. The van der Waals surface area contributed by atoms with Gasteiger partial charge in [-0.1, -0.05) is 6.07 Å². The Labute approximate surface area is 126 Å². The van der Waals surface area contributed by atoms with Crippen molar-refractivity contribution in [2.24, 2.45) is 5.92 Å². The molecule has 110 valence electrons. The quantitative estimate of drug-likeness (QED) is 0.806. The number of carboxylic acids is 1. The Hall–Kier alpha value is -0.820. The molecule has 1 aromatic rings. The Balaban J connectivity index is 2.22. The van der Waals surface area contributed by atoms with E-state index in [1.54, 1.807) is 0 Å². The lowest BCUT2D eigenvalue weighted by Crippen LogP contribution is -2.28. The highest BCUT2D eigenvalue weighted by Gasteiger charge is 2.51. The molecule has 1 atom stereocenters. The van der Waals surface area contributed by atoms with E-state index in [1.165, 1.54) is 25.1 Å². The third-order valence-corrected chi connectivity index (χ3v) is 5.77. The number of alkyl halides is 2. The molecule has 2 N–H and O–H groups in total. The van der Waals surface area contributed by atoms with E-state index < -0.39 is 20.3 Å². The van der Waals surface area contributed by atoms with E-state index in [4.69, 9.17) is 28.3 Å². The van der Waals surface area contributed by atoms with Crippen molar-refractivity contribution in [2.75, 3.05) is 6.54 Å². The number of aromatic carboxylic acids is 1. The summed E-state index contributed by atoms with van der Waals surface area (Å²) in [4.78, 5) is 11.0. The van der Waals surface area contributed by atoms with Crippen molar-refractivity contribution in [1.82, 2.24) is 4.72 Å². The molecule has 2 rings (SSSR count). The monoisotopic (exact) mass is 337 g/mol. The molecule has 0 radical (unpaired) electrons. The summed E-state index contributed by atoms with van der Waals surface area (Å²) in [6, 6.07) is 4.13. The molecule has 0 spiro atoms. The molecule has 0 amide bonds. The summed E-state index contributed by atoms with van der Waals surface area (Å²) in [5, 5.41) is 9.00. The predicted molar refractivity (Wildman–Crippen MR) is 75.9 cm³/mol. The van der Waals surface area contributed by atoms with Crippen LogP contribution in [0.2, 0.25) is 0 Å². The van der Waals surface area contributed by atoms with Crippen LogP contribution in [0.5, 0.6) is 0 Å². The fraction of sp³-hybridized carbons (Fsp3) is 0.417. The van der Waals surface area contributed by atoms with Crippen molar-refractivity contribution in [3.05, 3.63) is 29.3 Å². The van der Waals surface area contributed by atoms with Gasteiger partial charge in [-0.25, -0.2) is 17.9 Å². The van der Waals surface area contributed by atoms with Gasteiger partial charge in [-0.05, 0) is 31.0 Å². The summed E-state index contributed by atoms with van der Waals surface area (Å²) in [5.41, 5.74) is 0.162. The van der Waals surface area contributed by atoms with Crippen LogP contribution in [0.25, 0.3) is 0 Å². The highest BCUT2D eigenvalue weighted by molar-refractivity contribution is 7.89. The molecule has 1 saturated carbocycles. The van der Waals surface area contributed by atoms with Crippen LogP contribution in [0, 0.1) is 12.8 Å². The minimum absolute atomic E-state index is 0.0386. The van der Waals surface area contributed by atoms with Gasteiger partial charge in [0.25, 0.3) is 0 Å². The van der Waals surface area contributed by atoms with Crippen molar-refractivity contribution in [3.63, 3.8) is 0 Å². The summed E-state index contributed by atoms with van der Waals surface area (Å²) in [6.45, 7) is 1.59. The predicted octanol–water partition coefficient (Wildman–Crippen LogP) is 2.17. The van der Waals surface area contributed by atoms with Crippen LogP contribution in [0.3, 0.4) is 0 Å². The van der Waals surface area contributed by atoms with E-state index in [0.29, 0.717) is 6.42 Å². The van der Waals surface area contributed by atoms with Crippen molar-refractivity contribution in [2.45, 2.75) is 22.6 Å². The number of hydrogen-bond donors (Lipinski definition) is 2. The van der Waals surface area contributed by atoms with Gasteiger partial charge in [0.05, 0.1) is 10.5 Å². The third-order valence-electron chi connectivity index (χ3n) is 3.28. The minimum atomic E-state index is -3.78. The first-order chi connectivity index (χ1) is 9.15. The number of carboxylic acid groups (broad SMARTS) is 1. The first kappa shape index (κ1) is 15.6. The zero-order valence-electron chi connectivity index (χ0n) is 10.6. The molecule has 1 aromatic carbocycles. The van der Waals surface area contributed by atoms with Gasteiger partial charge < -0.3 is 5.11 Å². The molecule has 5 nitrogen and oxygen atoms in total. The maximum atomic E-state index is 12.2. The van der Waals surface area contributed by atoms with Gasteiger partial charge in [0.1, 0.15) is 4.33 Å². The number of rotatable bonds is 5. The SMILES string of the molecule is Cc1c(C(=O)O)cccc1S(=O)(=O)NCC1CC1(Cl)Cl. The lowest BCUT2D eigenvalue weighted by atomic mass is 10.1. The van der Waals surface area contributed by atoms with Crippen LogP contribution in [0.1, 0.15) is 22.3 Å². The van der Waals surface area contributed by atoms with Gasteiger partial charge in [0.15, 0.2) is 0 Å². The molecule has 0 heterocycles. The molecule has 8 heteroatoms. The molecule has 0 aromatic heterocycles. The van der Waals surface area contributed by atoms with E-state index in [2.05, 4.69) is 4.72 Å². The van der Waals surface area contributed by atoms with Gasteiger partial charge in [0, 0.05) is 12.5 Å². The maximum absolute atomic E-state index is 12.2. The Morgan fingerprint density at radius 3 is 2.60 bits per heavy atom. The number of halogens is 2. The van der Waals surface area contributed by atoms with E-state index in [-0.39, 0.29) is 28.5 Å². The molecule has 0 aliphatic heterocycles. The summed E-state index contributed by atoms with van der Waals surface area (Å²) in [6.07, 6.45) is 0.535. The number of carbonyl (C=O) groups is 1. The van der Waals surface area contributed by atoms with Gasteiger partial charge in [-0.3, -0.25) is 0 Å². The Morgan fingerprint density at radius 1 is 1.50 bits per heavy atom. The van der Waals surface area contributed by atoms with Crippen LogP contribution >= 0.6 is 23.2 Å². The Kier molecular flexibility index (Phi) is 4.03. The lowest BCUT2D eigenvalue weighted by molar-refractivity contribution is 0.0696. The first-order valence-corrected chi connectivity index (χ1v) is 8.09.